The zero-order chi connectivity index (χ0) is 23.0. The summed E-state index contributed by atoms with van der Waals surface area (Å²) in [6, 6.07) is 7.06. The van der Waals surface area contributed by atoms with E-state index in [1.807, 2.05) is 6.07 Å². The Labute approximate surface area is 186 Å². The van der Waals surface area contributed by atoms with Crippen LogP contribution < -0.4 is 11.1 Å². The molecule has 4 N–H and O–H groups in total. The van der Waals surface area contributed by atoms with Crippen LogP contribution >= 0.6 is 0 Å². The van der Waals surface area contributed by atoms with Crippen LogP contribution in [0.2, 0.25) is 0 Å². The third-order valence-electron chi connectivity index (χ3n) is 6.31. The summed E-state index contributed by atoms with van der Waals surface area (Å²) in [6.07, 6.45) is 3.33. The number of aromatic nitrogens is 2. The van der Waals surface area contributed by atoms with E-state index in [0.29, 0.717) is 17.3 Å². The topological polar surface area (TPSA) is 131 Å². The van der Waals surface area contributed by atoms with Crippen LogP contribution in [0, 0.1) is 5.41 Å². The molecule has 4 rings (SSSR count). The van der Waals surface area contributed by atoms with E-state index < -0.39 is 12.0 Å². The second kappa shape index (κ2) is 8.54. The lowest BCUT2D eigenvalue weighted by molar-refractivity contribution is -0.137. The van der Waals surface area contributed by atoms with Gasteiger partial charge in [0, 0.05) is 17.5 Å². The van der Waals surface area contributed by atoms with Crippen molar-refractivity contribution in [3.05, 3.63) is 30.0 Å². The molecule has 0 radical (unpaired) electrons. The van der Waals surface area contributed by atoms with Gasteiger partial charge < -0.3 is 21.1 Å². The van der Waals surface area contributed by atoms with Gasteiger partial charge in [-0.3, -0.25) is 19.1 Å². The van der Waals surface area contributed by atoms with Crippen LogP contribution in [-0.4, -0.2) is 62.2 Å². The molecule has 9 nitrogen and oxygen atoms in total. The van der Waals surface area contributed by atoms with Gasteiger partial charge in [-0.15, -0.1) is 0 Å². The fourth-order valence-corrected chi connectivity index (χ4v) is 4.88. The summed E-state index contributed by atoms with van der Waals surface area (Å²) in [7, 11) is 0. The Hall–Kier alpha value is -2.94. The molecule has 1 aromatic heterocycles. The van der Waals surface area contributed by atoms with Gasteiger partial charge in [0.05, 0.1) is 18.2 Å². The number of benzene rings is 1. The Morgan fingerprint density at radius 1 is 1.25 bits per heavy atom. The Bertz CT molecular complexity index is 1040. The van der Waals surface area contributed by atoms with Crippen LogP contribution in [0.4, 0.5) is 0 Å². The smallest absolute Gasteiger partial charge is 0.269 e. The van der Waals surface area contributed by atoms with Crippen LogP contribution in [0.15, 0.2) is 24.3 Å². The largest absolute Gasteiger partial charge is 0.393 e. The molecule has 1 heterocycles. The Morgan fingerprint density at radius 3 is 2.62 bits per heavy atom. The maximum absolute atomic E-state index is 13.1. The number of nitrogens with zero attached hydrogens (tertiary/aromatic N) is 3. The van der Waals surface area contributed by atoms with Crippen molar-refractivity contribution in [2.75, 3.05) is 6.54 Å². The molecule has 0 saturated heterocycles. The second-order valence-corrected chi connectivity index (χ2v) is 9.87. The molecular formula is C23H31N5O4. The summed E-state index contributed by atoms with van der Waals surface area (Å²) in [6.45, 7) is 4.07. The van der Waals surface area contributed by atoms with Gasteiger partial charge in [0.1, 0.15) is 6.54 Å². The number of aliphatic hydroxyl groups excluding tert-OH is 1. The van der Waals surface area contributed by atoms with Crippen molar-refractivity contribution in [3.8, 4) is 0 Å². The van der Waals surface area contributed by atoms with Crippen LogP contribution in [0.3, 0.4) is 0 Å². The molecule has 172 valence electrons. The molecule has 0 unspecified atom stereocenters. The number of carbonyl (C=O) groups excluding carboxylic acids is 3. The number of primary amides is 1. The van der Waals surface area contributed by atoms with Gasteiger partial charge >= 0.3 is 0 Å². The highest BCUT2D eigenvalue weighted by molar-refractivity contribution is 6.04. The zero-order valence-corrected chi connectivity index (χ0v) is 18.6. The molecule has 2 fully saturated rings. The van der Waals surface area contributed by atoms with E-state index in [2.05, 4.69) is 24.3 Å². The number of para-hydroxylation sites is 1. The third-order valence-corrected chi connectivity index (χ3v) is 6.31. The lowest BCUT2D eigenvalue weighted by atomic mass is 9.74. The van der Waals surface area contributed by atoms with Crippen molar-refractivity contribution in [1.82, 2.24) is 20.0 Å². The molecule has 2 atom stereocenters. The summed E-state index contributed by atoms with van der Waals surface area (Å²) in [4.78, 5) is 39.2. The Balaban J connectivity index is 1.45. The number of nitrogens with two attached hydrogens (primary N) is 1. The highest BCUT2D eigenvalue weighted by Crippen LogP contribution is 2.35. The second-order valence-electron chi connectivity index (χ2n) is 9.87. The van der Waals surface area contributed by atoms with E-state index in [1.54, 1.807) is 23.1 Å². The van der Waals surface area contributed by atoms with Gasteiger partial charge in [-0.2, -0.15) is 5.10 Å². The summed E-state index contributed by atoms with van der Waals surface area (Å²) in [5, 5.41) is 18.0. The number of nitrogens with one attached hydrogen (secondary N) is 1. The number of amides is 3. The van der Waals surface area contributed by atoms with E-state index in [-0.39, 0.29) is 48.1 Å². The molecule has 2 aliphatic rings. The van der Waals surface area contributed by atoms with Gasteiger partial charge in [-0.1, -0.05) is 32.0 Å². The minimum absolute atomic E-state index is 0.0294. The highest BCUT2D eigenvalue weighted by atomic mass is 16.3. The molecule has 2 aliphatic carbocycles. The maximum atomic E-state index is 13.1. The van der Waals surface area contributed by atoms with Gasteiger partial charge in [0.25, 0.3) is 5.91 Å². The van der Waals surface area contributed by atoms with E-state index >= 15 is 0 Å². The molecular weight excluding hydrogens is 410 g/mol. The molecule has 0 aliphatic heterocycles. The van der Waals surface area contributed by atoms with E-state index in [1.165, 1.54) is 4.68 Å². The van der Waals surface area contributed by atoms with Crippen molar-refractivity contribution in [2.24, 2.45) is 11.1 Å². The maximum Gasteiger partial charge on any atom is 0.269 e. The monoisotopic (exact) mass is 441 g/mol. The number of hydrogen-bond acceptors (Lipinski definition) is 5. The number of aliphatic hydroxyl groups is 1. The van der Waals surface area contributed by atoms with Crippen molar-refractivity contribution in [2.45, 2.75) is 70.7 Å². The number of carbonyl (C=O) groups is 3. The van der Waals surface area contributed by atoms with Gasteiger partial charge in [-0.05, 0) is 43.6 Å². The predicted octanol–water partition coefficient (Wildman–Crippen LogP) is 1.18. The summed E-state index contributed by atoms with van der Waals surface area (Å²) in [5.41, 5.74) is 6.18. The van der Waals surface area contributed by atoms with Gasteiger partial charge in [0.2, 0.25) is 11.8 Å². The van der Waals surface area contributed by atoms with Crippen LogP contribution in [0.25, 0.3) is 10.9 Å². The summed E-state index contributed by atoms with van der Waals surface area (Å²) < 4.78 is 1.48. The normalized spacial score (nSPS) is 22.5. The van der Waals surface area contributed by atoms with Crippen molar-refractivity contribution < 1.29 is 19.5 Å². The summed E-state index contributed by atoms with van der Waals surface area (Å²) >= 11 is 0. The molecule has 2 saturated carbocycles. The van der Waals surface area contributed by atoms with Crippen LogP contribution in [-0.2, 0) is 16.1 Å². The fraction of sp³-hybridized carbons (Fsp3) is 0.565. The van der Waals surface area contributed by atoms with Crippen molar-refractivity contribution >= 4 is 28.6 Å². The molecule has 2 aromatic rings. The lowest BCUT2D eigenvalue weighted by Crippen LogP contribution is -2.49. The third kappa shape index (κ3) is 4.93. The first-order chi connectivity index (χ1) is 15.1. The number of fused-ring (bicyclic) bond motifs is 1. The van der Waals surface area contributed by atoms with Gasteiger partial charge in [0.15, 0.2) is 5.69 Å². The van der Waals surface area contributed by atoms with Crippen LogP contribution in [0.1, 0.15) is 56.4 Å². The Kier molecular flexibility index (Phi) is 5.94. The lowest BCUT2D eigenvalue weighted by Gasteiger charge is -2.38. The molecule has 32 heavy (non-hydrogen) atoms. The molecule has 0 spiro atoms. The van der Waals surface area contributed by atoms with Gasteiger partial charge in [-0.25, -0.2) is 0 Å². The van der Waals surface area contributed by atoms with Crippen molar-refractivity contribution in [3.63, 3.8) is 0 Å². The van der Waals surface area contributed by atoms with Crippen LogP contribution in [0.5, 0.6) is 0 Å². The molecule has 0 bridgehead atoms. The predicted molar refractivity (Wildman–Crippen MR) is 119 cm³/mol. The fourth-order valence-electron chi connectivity index (χ4n) is 4.88. The first-order valence-electron chi connectivity index (χ1n) is 11.2. The quantitative estimate of drug-likeness (QED) is 0.594. The minimum atomic E-state index is -0.650. The average molecular weight is 442 g/mol. The van der Waals surface area contributed by atoms with Crippen molar-refractivity contribution in [1.29, 1.82) is 0 Å². The molecule has 1 aromatic carbocycles. The zero-order valence-electron chi connectivity index (χ0n) is 18.6. The average Bonchev–Trinajstić information content (AvgIpc) is 3.46. The van der Waals surface area contributed by atoms with E-state index in [9.17, 15) is 19.5 Å². The first-order valence-corrected chi connectivity index (χ1v) is 11.2. The number of hydrogen-bond donors (Lipinski definition) is 3. The first kappa shape index (κ1) is 22.3. The summed E-state index contributed by atoms with van der Waals surface area (Å²) in [5.74, 6) is -1.09. The minimum Gasteiger partial charge on any atom is -0.393 e. The number of rotatable bonds is 7. The molecule has 3 amide bonds. The standard InChI is InChI=1S/C23H31N5O4/c1-23(2)10-14(9-16(29)11-23)25-19(30)12-27(15-7-8-15)20(31)13-28-18-6-4-3-5-17(18)21(26-28)22(24)32/h3-6,14-16,29H,7-13H2,1-2H3,(H2,24,32)(H,25,30)/t14-,16-/m1/s1. The SMILES string of the molecule is CC1(C)C[C@H](O)C[C@@H](NC(=O)CN(C(=O)Cn2nc(C(N)=O)c3ccccc32)C2CC2)C1. The Morgan fingerprint density at radius 2 is 1.97 bits per heavy atom. The van der Waals surface area contributed by atoms with E-state index in [4.69, 9.17) is 5.73 Å². The van der Waals surface area contributed by atoms with E-state index in [0.717, 1.165) is 25.7 Å². The highest BCUT2D eigenvalue weighted by Gasteiger charge is 2.37. The molecule has 9 heteroatoms.